The zero-order valence-electron chi connectivity index (χ0n) is 20.9. The summed E-state index contributed by atoms with van der Waals surface area (Å²) >= 11 is 6.21. The summed E-state index contributed by atoms with van der Waals surface area (Å²) < 4.78 is 19.0. The molecule has 5 N–H and O–H groups in total. The van der Waals surface area contributed by atoms with Gasteiger partial charge in [-0.05, 0) is 30.0 Å². The summed E-state index contributed by atoms with van der Waals surface area (Å²) in [6.07, 6.45) is -0.349. The second-order valence-corrected chi connectivity index (χ2v) is 11.9. The van der Waals surface area contributed by atoms with Gasteiger partial charge in [0.05, 0.1) is 6.33 Å². The number of fused-ring (bicyclic) bond motifs is 1. The van der Waals surface area contributed by atoms with Gasteiger partial charge in [0, 0.05) is 19.1 Å². The number of halogens is 1. The van der Waals surface area contributed by atoms with Crippen LogP contribution in [0.3, 0.4) is 0 Å². The Labute approximate surface area is 229 Å². The van der Waals surface area contributed by atoms with Gasteiger partial charge in [-0.2, -0.15) is 9.97 Å². The predicted octanol–water partition coefficient (Wildman–Crippen LogP) is 1.66. The zero-order chi connectivity index (χ0) is 27.7. The second kappa shape index (κ2) is 11.5. The third-order valence-corrected chi connectivity index (χ3v) is 7.86. The Morgan fingerprint density at radius 3 is 2.56 bits per heavy atom. The van der Waals surface area contributed by atoms with E-state index in [0.29, 0.717) is 17.0 Å². The van der Waals surface area contributed by atoms with Gasteiger partial charge >= 0.3 is 7.60 Å². The minimum Gasteiger partial charge on any atom is -0.387 e. The molecule has 2 fully saturated rings. The van der Waals surface area contributed by atoms with E-state index in [1.165, 1.54) is 15.8 Å². The molecule has 2 aliphatic rings. The fraction of sp³-hybridized carbons (Fsp3) is 0.500. The highest BCUT2D eigenvalue weighted by atomic mass is 35.5. The molecule has 1 aromatic carbocycles. The highest BCUT2D eigenvalue weighted by molar-refractivity contribution is 7.52. The van der Waals surface area contributed by atoms with Crippen LogP contribution in [0, 0.1) is 0 Å². The first-order valence-corrected chi connectivity index (χ1v) is 14.8. The second-order valence-electron chi connectivity index (χ2n) is 9.92. The number of nitrogens with one attached hydrogen (secondary N) is 1. The predicted molar refractivity (Wildman–Crippen MR) is 141 cm³/mol. The summed E-state index contributed by atoms with van der Waals surface area (Å²) in [5.41, 5.74) is 1.45. The van der Waals surface area contributed by atoms with Gasteiger partial charge in [-0.25, -0.2) is 4.98 Å². The zero-order valence-corrected chi connectivity index (χ0v) is 22.5. The first kappa shape index (κ1) is 27.9. The van der Waals surface area contributed by atoms with Crippen molar-refractivity contribution in [3.8, 4) is 0 Å². The molecule has 210 valence electrons. The van der Waals surface area contributed by atoms with Crippen molar-refractivity contribution in [1.82, 2.24) is 24.4 Å². The van der Waals surface area contributed by atoms with Crippen molar-refractivity contribution in [1.29, 1.82) is 0 Å². The van der Waals surface area contributed by atoms with Crippen molar-refractivity contribution in [2.45, 2.75) is 62.8 Å². The highest BCUT2D eigenvalue weighted by Gasteiger charge is 2.45. The number of aliphatic hydroxyl groups excluding tert-OH is 2. The molecule has 3 heterocycles. The van der Waals surface area contributed by atoms with Crippen LogP contribution in [0.15, 0.2) is 36.7 Å². The SMILES string of the molecule is O=C(CP(=O)(O)O)N(Cc1ccccc1)C[C@H]1O[C@@H](n2cnc3c(NC4CCCC4)nc(Cl)nc32)[C@H](O)[C@@H]1O. The van der Waals surface area contributed by atoms with E-state index in [0.717, 1.165) is 31.2 Å². The average Bonchev–Trinajstić information content (AvgIpc) is 3.60. The molecular formula is C24H30ClN6O7P. The van der Waals surface area contributed by atoms with Crippen LogP contribution in [-0.2, 0) is 20.6 Å². The van der Waals surface area contributed by atoms with E-state index < -0.39 is 44.2 Å². The van der Waals surface area contributed by atoms with Crippen molar-refractivity contribution in [2.24, 2.45) is 0 Å². The Balaban J connectivity index is 1.38. The van der Waals surface area contributed by atoms with E-state index in [2.05, 4.69) is 20.3 Å². The minimum atomic E-state index is -4.64. The average molecular weight is 581 g/mol. The number of rotatable bonds is 9. The molecule has 0 bridgehead atoms. The number of ether oxygens (including phenoxy) is 1. The molecule has 2 aromatic heterocycles. The van der Waals surface area contributed by atoms with Crippen molar-refractivity contribution in [3.05, 3.63) is 47.5 Å². The van der Waals surface area contributed by atoms with Crippen molar-refractivity contribution < 1.29 is 34.1 Å². The number of hydrogen-bond acceptors (Lipinski definition) is 9. The maximum atomic E-state index is 12.8. The van der Waals surface area contributed by atoms with Crippen molar-refractivity contribution in [3.63, 3.8) is 0 Å². The van der Waals surface area contributed by atoms with Gasteiger partial charge in [0.15, 0.2) is 23.2 Å². The maximum absolute atomic E-state index is 12.8. The molecule has 0 radical (unpaired) electrons. The van der Waals surface area contributed by atoms with Crippen molar-refractivity contribution >= 4 is 42.1 Å². The Morgan fingerprint density at radius 2 is 1.87 bits per heavy atom. The number of amides is 1. The molecule has 15 heteroatoms. The van der Waals surface area contributed by atoms with Crippen LogP contribution in [0.5, 0.6) is 0 Å². The van der Waals surface area contributed by atoms with Gasteiger partial charge in [0.1, 0.15) is 24.5 Å². The number of carbonyl (C=O) groups excluding carboxylic acids is 1. The number of anilines is 1. The molecule has 1 aliphatic carbocycles. The van der Waals surface area contributed by atoms with E-state index in [4.69, 9.17) is 16.3 Å². The van der Waals surface area contributed by atoms with Crippen LogP contribution in [0.4, 0.5) is 5.82 Å². The number of benzene rings is 1. The van der Waals surface area contributed by atoms with Crippen LogP contribution in [-0.4, -0.2) is 87.4 Å². The Morgan fingerprint density at radius 1 is 1.15 bits per heavy atom. The van der Waals surface area contributed by atoms with Gasteiger partial charge < -0.3 is 35.0 Å². The molecule has 5 rings (SSSR count). The lowest BCUT2D eigenvalue weighted by Crippen LogP contribution is -2.43. The highest BCUT2D eigenvalue weighted by Crippen LogP contribution is 2.36. The summed E-state index contributed by atoms with van der Waals surface area (Å²) in [5, 5.41) is 25.1. The molecule has 1 amide bonds. The maximum Gasteiger partial charge on any atom is 0.334 e. The molecule has 1 saturated heterocycles. The van der Waals surface area contributed by atoms with Crippen LogP contribution in [0.1, 0.15) is 37.5 Å². The van der Waals surface area contributed by atoms with E-state index in [9.17, 15) is 29.4 Å². The molecule has 1 saturated carbocycles. The summed E-state index contributed by atoms with van der Waals surface area (Å²) in [7, 11) is -4.64. The summed E-state index contributed by atoms with van der Waals surface area (Å²) in [6.45, 7) is -0.195. The molecule has 13 nitrogen and oxygen atoms in total. The van der Waals surface area contributed by atoms with E-state index in [1.807, 2.05) is 0 Å². The van der Waals surface area contributed by atoms with Crippen LogP contribution < -0.4 is 5.32 Å². The molecule has 4 atom stereocenters. The molecule has 39 heavy (non-hydrogen) atoms. The van der Waals surface area contributed by atoms with Gasteiger partial charge in [0.2, 0.25) is 11.2 Å². The topological polar surface area (TPSA) is 183 Å². The fourth-order valence-corrected chi connectivity index (χ4v) is 5.82. The van der Waals surface area contributed by atoms with Gasteiger partial charge in [-0.15, -0.1) is 0 Å². The third kappa shape index (κ3) is 6.41. The first-order chi connectivity index (χ1) is 18.6. The molecule has 0 spiro atoms. The largest absolute Gasteiger partial charge is 0.387 e. The molecule has 3 aromatic rings. The fourth-order valence-electron chi connectivity index (χ4n) is 5.10. The van der Waals surface area contributed by atoms with E-state index >= 15 is 0 Å². The Bertz CT molecular complexity index is 1370. The van der Waals surface area contributed by atoms with E-state index in [-0.39, 0.29) is 24.4 Å². The van der Waals surface area contributed by atoms with Crippen LogP contribution >= 0.6 is 19.2 Å². The van der Waals surface area contributed by atoms with Crippen LogP contribution in [0.2, 0.25) is 5.28 Å². The van der Waals surface area contributed by atoms with Crippen molar-refractivity contribution in [2.75, 3.05) is 18.0 Å². The number of carbonyl (C=O) groups is 1. The Kier molecular flexibility index (Phi) is 8.20. The number of hydrogen-bond donors (Lipinski definition) is 5. The van der Waals surface area contributed by atoms with E-state index in [1.54, 1.807) is 30.3 Å². The number of nitrogens with zero attached hydrogens (tertiary/aromatic N) is 5. The monoisotopic (exact) mass is 580 g/mol. The lowest BCUT2D eigenvalue weighted by Gasteiger charge is -2.27. The molecule has 1 aliphatic heterocycles. The van der Waals surface area contributed by atoms with Gasteiger partial charge in [-0.3, -0.25) is 13.9 Å². The number of aromatic nitrogens is 4. The lowest BCUT2D eigenvalue weighted by molar-refractivity contribution is -0.132. The summed E-state index contributed by atoms with van der Waals surface area (Å²) in [4.78, 5) is 45.7. The minimum absolute atomic E-state index is 0.0219. The normalized spacial score (nSPS) is 23.9. The third-order valence-electron chi connectivity index (χ3n) is 7.01. The lowest BCUT2D eigenvalue weighted by atomic mass is 10.1. The molecular weight excluding hydrogens is 551 g/mol. The summed E-state index contributed by atoms with van der Waals surface area (Å²) in [6, 6.07) is 9.11. The van der Waals surface area contributed by atoms with Gasteiger partial charge in [-0.1, -0.05) is 43.2 Å². The number of aliphatic hydroxyl groups is 2. The smallest absolute Gasteiger partial charge is 0.334 e. The standard InChI is InChI=1S/C24H30ClN6O7P/c25-24-28-21(27-15-8-4-5-9-15)18-22(29-24)31(13-26-18)23-20(34)19(33)16(38-23)11-30(17(32)12-39(35,36)37)10-14-6-2-1-3-7-14/h1-3,6-7,13,15-16,19-20,23,33-34H,4-5,8-12H2,(H,27,28,29)(H2,35,36,37)/t16-,19-,20-,23-/m1/s1. The van der Waals surface area contributed by atoms with Crippen LogP contribution in [0.25, 0.3) is 11.2 Å². The number of imidazole rings is 1. The Hall–Kier alpha value is -2.64. The molecule has 0 unspecified atom stereocenters. The quantitative estimate of drug-likeness (QED) is 0.183. The van der Waals surface area contributed by atoms with Gasteiger partial charge in [0.25, 0.3) is 0 Å². The summed E-state index contributed by atoms with van der Waals surface area (Å²) in [5.74, 6) is -0.339. The first-order valence-electron chi connectivity index (χ1n) is 12.6.